The molecule has 22 heavy (non-hydrogen) atoms. The molecule has 0 saturated carbocycles. The van der Waals surface area contributed by atoms with Crippen LogP contribution in [0.1, 0.15) is 36.8 Å². The monoisotopic (exact) mass is 304 g/mol. The second kappa shape index (κ2) is 7.02. The smallest absolute Gasteiger partial charge is 0.158 e. The Balaban J connectivity index is 1.44. The molecule has 1 aliphatic rings. The highest BCUT2D eigenvalue weighted by molar-refractivity contribution is 5.02. The molecule has 1 fully saturated rings. The fourth-order valence-electron chi connectivity index (χ4n) is 3.17. The Labute approximate surface area is 130 Å². The number of hydrogen-bond donors (Lipinski definition) is 1. The minimum atomic E-state index is -0.0459. The summed E-state index contributed by atoms with van der Waals surface area (Å²) in [6, 6.07) is 1.97. The standard InChI is InChI=1S/C15H24N6O/c1-19-14(12-22)17-18-15(19)13-4-10-20(11-5-13)7-3-9-21-8-2-6-16-21/h2,6,8,13,22H,3-5,7,9-12H2,1H3. The van der Waals surface area contributed by atoms with E-state index in [4.69, 9.17) is 0 Å². The first-order chi connectivity index (χ1) is 10.8. The Bertz CT molecular complexity index is 571. The van der Waals surface area contributed by atoms with Gasteiger partial charge in [0.25, 0.3) is 0 Å². The van der Waals surface area contributed by atoms with Crippen molar-refractivity contribution in [2.45, 2.75) is 38.3 Å². The first-order valence-corrected chi connectivity index (χ1v) is 7.96. The third kappa shape index (κ3) is 3.36. The first-order valence-electron chi connectivity index (χ1n) is 7.96. The topological polar surface area (TPSA) is 72.0 Å². The number of nitrogens with zero attached hydrogens (tertiary/aromatic N) is 6. The minimum Gasteiger partial charge on any atom is -0.388 e. The second-order valence-electron chi connectivity index (χ2n) is 5.93. The highest BCUT2D eigenvalue weighted by Crippen LogP contribution is 2.26. The van der Waals surface area contributed by atoms with Crippen LogP contribution < -0.4 is 0 Å². The van der Waals surface area contributed by atoms with E-state index in [-0.39, 0.29) is 6.61 Å². The van der Waals surface area contributed by atoms with Gasteiger partial charge in [-0.25, -0.2) is 0 Å². The van der Waals surface area contributed by atoms with E-state index >= 15 is 0 Å². The molecule has 0 radical (unpaired) electrons. The summed E-state index contributed by atoms with van der Waals surface area (Å²) < 4.78 is 3.93. The van der Waals surface area contributed by atoms with E-state index in [0.29, 0.717) is 11.7 Å². The van der Waals surface area contributed by atoms with E-state index in [9.17, 15) is 5.11 Å². The van der Waals surface area contributed by atoms with Crippen LogP contribution in [0.4, 0.5) is 0 Å². The number of hydrogen-bond acceptors (Lipinski definition) is 5. The van der Waals surface area contributed by atoms with Crippen LogP contribution in [0, 0.1) is 0 Å². The number of aromatic nitrogens is 5. The maximum absolute atomic E-state index is 9.21. The second-order valence-corrected chi connectivity index (χ2v) is 5.93. The van der Waals surface area contributed by atoms with E-state index in [1.165, 1.54) is 0 Å². The molecule has 0 unspecified atom stereocenters. The Morgan fingerprint density at radius 1 is 1.23 bits per heavy atom. The van der Waals surface area contributed by atoms with Gasteiger partial charge in [-0.15, -0.1) is 10.2 Å². The van der Waals surface area contributed by atoms with Crippen LogP contribution >= 0.6 is 0 Å². The van der Waals surface area contributed by atoms with Crippen LogP contribution in [0.3, 0.4) is 0 Å². The molecule has 0 spiro atoms. The molecule has 2 aromatic heterocycles. The van der Waals surface area contributed by atoms with Gasteiger partial charge in [-0.1, -0.05) is 0 Å². The van der Waals surface area contributed by atoms with Crippen LogP contribution in [-0.2, 0) is 20.2 Å². The Hall–Kier alpha value is -1.73. The molecule has 0 bridgehead atoms. The molecule has 1 aliphatic heterocycles. The van der Waals surface area contributed by atoms with Gasteiger partial charge in [0.15, 0.2) is 5.82 Å². The highest BCUT2D eigenvalue weighted by atomic mass is 16.3. The molecule has 0 atom stereocenters. The first kappa shape index (κ1) is 15.2. The van der Waals surface area contributed by atoms with Gasteiger partial charge in [0.05, 0.1) is 0 Å². The molecule has 7 nitrogen and oxygen atoms in total. The molecule has 0 amide bonds. The van der Waals surface area contributed by atoms with Crippen molar-refractivity contribution in [1.82, 2.24) is 29.4 Å². The number of aryl methyl sites for hydroxylation is 1. The third-order valence-electron chi connectivity index (χ3n) is 4.51. The molecular weight excluding hydrogens is 280 g/mol. The van der Waals surface area contributed by atoms with Crippen molar-refractivity contribution in [3.05, 3.63) is 30.1 Å². The Kier molecular flexibility index (Phi) is 4.84. The zero-order chi connectivity index (χ0) is 15.4. The average Bonchev–Trinajstić information content (AvgIpc) is 3.18. The van der Waals surface area contributed by atoms with Crippen molar-refractivity contribution in [2.24, 2.45) is 7.05 Å². The van der Waals surface area contributed by atoms with Crippen LogP contribution in [-0.4, -0.2) is 54.2 Å². The van der Waals surface area contributed by atoms with Crippen molar-refractivity contribution < 1.29 is 5.11 Å². The molecular formula is C15H24N6O. The fraction of sp³-hybridized carbons (Fsp3) is 0.667. The SMILES string of the molecule is Cn1c(CO)nnc1C1CCN(CCCn2cccn2)CC1. The van der Waals surface area contributed by atoms with Crippen LogP contribution in [0.2, 0.25) is 0 Å². The summed E-state index contributed by atoms with van der Waals surface area (Å²) in [6.45, 7) is 4.26. The molecule has 7 heteroatoms. The molecule has 120 valence electrons. The number of piperidine rings is 1. The molecule has 0 aromatic carbocycles. The predicted molar refractivity (Wildman–Crippen MR) is 82.2 cm³/mol. The molecule has 3 heterocycles. The third-order valence-corrected chi connectivity index (χ3v) is 4.51. The van der Waals surface area contributed by atoms with E-state index in [1.807, 2.05) is 34.8 Å². The number of aliphatic hydroxyl groups is 1. The summed E-state index contributed by atoms with van der Waals surface area (Å²) in [5.41, 5.74) is 0. The maximum atomic E-state index is 9.21. The summed E-state index contributed by atoms with van der Waals surface area (Å²) in [5.74, 6) is 2.12. The molecule has 1 saturated heterocycles. The molecule has 0 aliphatic carbocycles. The lowest BCUT2D eigenvalue weighted by Gasteiger charge is -2.31. The number of aliphatic hydroxyl groups excluding tert-OH is 1. The molecule has 1 N–H and O–H groups in total. The van der Waals surface area contributed by atoms with Gasteiger partial charge in [0, 0.05) is 31.9 Å². The Morgan fingerprint density at radius 3 is 2.68 bits per heavy atom. The van der Waals surface area contributed by atoms with Crippen LogP contribution in [0.25, 0.3) is 0 Å². The van der Waals surface area contributed by atoms with Crippen molar-refractivity contribution >= 4 is 0 Å². The normalized spacial score (nSPS) is 17.2. The van der Waals surface area contributed by atoms with Crippen molar-refractivity contribution in [3.8, 4) is 0 Å². The lowest BCUT2D eigenvalue weighted by molar-refractivity contribution is 0.201. The fourth-order valence-corrected chi connectivity index (χ4v) is 3.17. The number of rotatable bonds is 6. The minimum absolute atomic E-state index is 0.0459. The van der Waals surface area contributed by atoms with Gasteiger partial charge in [0.2, 0.25) is 0 Å². The number of likely N-dealkylation sites (tertiary alicyclic amines) is 1. The zero-order valence-corrected chi connectivity index (χ0v) is 13.1. The summed E-state index contributed by atoms with van der Waals surface area (Å²) >= 11 is 0. The van der Waals surface area contributed by atoms with Gasteiger partial charge in [0.1, 0.15) is 12.4 Å². The maximum Gasteiger partial charge on any atom is 0.158 e. The largest absolute Gasteiger partial charge is 0.388 e. The van der Waals surface area contributed by atoms with E-state index in [2.05, 4.69) is 20.2 Å². The van der Waals surface area contributed by atoms with Crippen molar-refractivity contribution in [3.63, 3.8) is 0 Å². The summed E-state index contributed by atoms with van der Waals surface area (Å²) in [7, 11) is 1.94. The summed E-state index contributed by atoms with van der Waals surface area (Å²) in [5, 5.41) is 21.7. The van der Waals surface area contributed by atoms with E-state index in [0.717, 1.165) is 51.3 Å². The van der Waals surface area contributed by atoms with Gasteiger partial charge in [-0.05, 0) is 45.0 Å². The molecule has 2 aromatic rings. The van der Waals surface area contributed by atoms with Gasteiger partial charge in [-0.3, -0.25) is 4.68 Å². The van der Waals surface area contributed by atoms with E-state index in [1.54, 1.807) is 0 Å². The van der Waals surface area contributed by atoms with Gasteiger partial charge >= 0.3 is 0 Å². The lowest BCUT2D eigenvalue weighted by atomic mass is 9.96. The van der Waals surface area contributed by atoms with Crippen molar-refractivity contribution in [1.29, 1.82) is 0 Å². The zero-order valence-electron chi connectivity index (χ0n) is 13.1. The van der Waals surface area contributed by atoms with Crippen LogP contribution in [0.15, 0.2) is 18.5 Å². The van der Waals surface area contributed by atoms with Crippen molar-refractivity contribution in [2.75, 3.05) is 19.6 Å². The summed E-state index contributed by atoms with van der Waals surface area (Å²) in [4.78, 5) is 2.52. The molecule has 3 rings (SSSR count). The predicted octanol–water partition coefficient (Wildman–Crippen LogP) is 0.774. The van der Waals surface area contributed by atoms with Gasteiger partial charge in [-0.2, -0.15) is 5.10 Å². The Morgan fingerprint density at radius 2 is 2.05 bits per heavy atom. The average molecular weight is 304 g/mol. The van der Waals surface area contributed by atoms with E-state index < -0.39 is 0 Å². The summed E-state index contributed by atoms with van der Waals surface area (Å²) in [6.07, 6.45) is 7.19. The highest BCUT2D eigenvalue weighted by Gasteiger charge is 2.24. The van der Waals surface area contributed by atoms with Gasteiger partial charge < -0.3 is 14.6 Å². The van der Waals surface area contributed by atoms with Crippen LogP contribution in [0.5, 0.6) is 0 Å². The quantitative estimate of drug-likeness (QED) is 0.853. The lowest BCUT2D eigenvalue weighted by Crippen LogP contribution is -2.34.